The van der Waals surface area contributed by atoms with Gasteiger partial charge in [0, 0.05) is 11.1 Å². The highest BCUT2D eigenvalue weighted by atomic mass is 35.5. The predicted octanol–water partition coefficient (Wildman–Crippen LogP) is 3.43. The summed E-state index contributed by atoms with van der Waals surface area (Å²) >= 11 is 11.7. The van der Waals surface area contributed by atoms with Crippen molar-refractivity contribution in [3.8, 4) is 0 Å². The molecule has 126 valence electrons. The third-order valence-corrected chi connectivity index (χ3v) is 4.56. The number of carbonyl (C=O) groups is 2. The molecule has 0 aromatic heterocycles. The van der Waals surface area contributed by atoms with Crippen LogP contribution in [0, 0.1) is 5.92 Å². The van der Waals surface area contributed by atoms with Crippen LogP contribution in [0.15, 0.2) is 12.1 Å². The Morgan fingerprint density at radius 3 is 2.57 bits per heavy atom. The van der Waals surface area contributed by atoms with Gasteiger partial charge in [-0.25, -0.2) is 4.79 Å². The fourth-order valence-corrected chi connectivity index (χ4v) is 3.13. The zero-order valence-electron chi connectivity index (χ0n) is 12.9. The Morgan fingerprint density at radius 1 is 1.26 bits per heavy atom. The first-order valence-electron chi connectivity index (χ1n) is 7.57. The first-order chi connectivity index (χ1) is 10.9. The van der Waals surface area contributed by atoms with Crippen LogP contribution in [0.4, 0.5) is 5.69 Å². The topological polar surface area (TPSA) is 81.4 Å². The largest absolute Gasteiger partial charge is 0.452 e. The number of amides is 1. The van der Waals surface area contributed by atoms with Crippen LogP contribution in [-0.4, -0.2) is 24.5 Å². The molecule has 0 aliphatic heterocycles. The third kappa shape index (κ3) is 5.01. The number of nitrogen functional groups attached to an aromatic ring is 1. The number of ether oxygens (including phenoxy) is 1. The number of benzene rings is 1. The van der Waals surface area contributed by atoms with Crippen molar-refractivity contribution in [2.75, 3.05) is 12.3 Å². The minimum atomic E-state index is -0.723. The number of hydrogen-bond donors (Lipinski definition) is 2. The Kier molecular flexibility index (Phi) is 6.13. The normalized spacial score (nSPS) is 20.8. The molecule has 0 unspecified atom stereocenters. The standard InChI is InChI=1S/C16H20Cl2N2O3/c1-9-2-4-11(5-3-9)20-14(21)8-23-16(22)12-6-10(17)7-13(18)15(12)19/h6-7,9,11H,2-5,8,19H2,1H3,(H,20,21). The molecule has 0 spiro atoms. The molecule has 23 heavy (non-hydrogen) atoms. The van der Waals surface area contributed by atoms with Crippen LogP contribution in [0.2, 0.25) is 10.0 Å². The minimum absolute atomic E-state index is 0.0572. The lowest BCUT2D eigenvalue weighted by molar-refractivity contribution is -0.125. The lowest BCUT2D eigenvalue weighted by Gasteiger charge is -2.26. The highest BCUT2D eigenvalue weighted by Crippen LogP contribution is 2.28. The average molecular weight is 359 g/mol. The highest BCUT2D eigenvalue weighted by Gasteiger charge is 2.21. The van der Waals surface area contributed by atoms with Crippen LogP contribution >= 0.6 is 23.2 Å². The maximum atomic E-state index is 12.0. The maximum Gasteiger partial charge on any atom is 0.340 e. The molecule has 0 radical (unpaired) electrons. The van der Waals surface area contributed by atoms with E-state index in [2.05, 4.69) is 12.2 Å². The molecule has 1 aliphatic rings. The number of anilines is 1. The lowest BCUT2D eigenvalue weighted by atomic mass is 9.87. The average Bonchev–Trinajstić information content (AvgIpc) is 2.50. The van der Waals surface area contributed by atoms with Gasteiger partial charge in [0.2, 0.25) is 0 Å². The minimum Gasteiger partial charge on any atom is -0.452 e. The number of halogens is 2. The summed E-state index contributed by atoms with van der Waals surface area (Å²) in [5.41, 5.74) is 5.87. The number of rotatable bonds is 4. The zero-order valence-corrected chi connectivity index (χ0v) is 14.4. The van der Waals surface area contributed by atoms with Crippen LogP contribution in [0.1, 0.15) is 43.0 Å². The lowest BCUT2D eigenvalue weighted by Crippen LogP contribution is -2.39. The smallest absolute Gasteiger partial charge is 0.340 e. The van der Waals surface area contributed by atoms with Gasteiger partial charge in [0.1, 0.15) is 0 Å². The van der Waals surface area contributed by atoms with Crippen molar-refractivity contribution in [1.29, 1.82) is 0 Å². The van der Waals surface area contributed by atoms with Gasteiger partial charge in [-0.05, 0) is 43.7 Å². The van der Waals surface area contributed by atoms with Gasteiger partial charge in [-0.1, -0.05) is 30.1 Å². The van der Waals surface area contributed by atoms with Crippen molar-refractivity contribution in [2.45, 2.75) is 38.6 Å². The molecule has 3 N–H and O–H groups in total. The Bertz CT molecular complexity index is 599. The van der Waals surface area contributed by atoms with Gasteiger partial charge in [-0.15, -0.1) is 0 Å². The van der Waals surface area contributed by atoms with Gasteiger partial charge >= 0.3 is 5.97 Å². The van der Waals surface area contributed by atoms with Gasteiger partial charge in [0.05, 0.1) is 16.3 Å². The van der Waals surface area contributed by atoms with Crippen LogP contribution in [-0.2, 0) is 9.53 Å². The molecule has 0 saturated heterocycles. The van der Waals surface area contributed by atoms with Crippen LogP contribution in [0.5, 0.6) is 0 Å². The van der Waals surface area contributed by atoms with Crippen molar-refractivity contribution in [1.82, 2.24) is 5.32 Å². The summed E-state index contributed by atoms with van der Waals surface area (Å²) in [6.07, 6.45) is 4.11. The molecule has 1 aliphatic carbocycles. The molecule has 2 rings (SSSR count). The molecular weight excluding hydrogens is 339 g/mol. The number of carbonyl (C=O) groups excluding carboxylic acids is 2. The van der Waals surface area contributed by atoms with E-state index in [0.717, 1.165) is 25.7 Å². The Balaban J connectivity index is 1.86. The Labute approximate surface area is 145 Å². The summed E-state index contributed by atoms with van der Waals surface area (Å²) in [5.74, 6) is -0.333. The van der Waals surface area contributed by atoms with Crippen LogP contribution < -0.4 is 11.1 Å². The molecule has 1 aromatic rings. The van der Waals surface area contributed by atoms with E-state index in [1.807, 2.05) is 0 Å². The van der Waals surface area contributed by atoms with Crippen LogP contribution in [0.25, 0.3) is 0 Å². The first-order valence-corrected chi connectivity index (χ1v) is 8.33. The van der Waals surface area contributed by atoms with Gasteiger partial charge in [-0.3, -0.25) is 4.79 Å². The van der Waals surface area contributed by atoms with Crippen molar-refractivity contribution in [3.63, 3.8) is 0 Å². The molecule has 0 bridgehead atoms. The maximum absolute atomic E-state index is 12.0. The fourth-order valence-electron chi connectivity index (χ4n) is 2.64. The second-order valence-electron chi connectivity index (χ2n) is 5.95. The van der Waals surface area contributed by atoms with E-state index in [4.69, 9.17) is 33.7 Å². The van der Waals surface area contributed by atoms with E-state index in [1.165, 1.54) is 12.1 Å². The van der Waals surface area contributed by atoms with Gasteiger partial charge < -0.3 is 15.8 Å². The quantitative estimate of drug-likeness (QED) is 0.638. The molecule has 1 amide bonds. The monoisotopic (exact) mass is 358 g/mol. The van der Waals surface area contributed by atoms with Crippen molar-refractivity contribution < 1.29 is 14.3 Å². The van der Waals surface area contributed by atoms with Crippen LogP contribution in [0.3, 0.4) is 0 Å². The first kappa shape index (κ1) is 17.9. The summed E-state index contributed by atoms with van der Waals surface area (Å²) < 4.78 is 5.00. The van der Waals surface area contributed by atoms with Gasteiger partial charge in [0.25, 0.3) is 5.91 Å². The second-order valence-corrected chi connectivity index (χ2v) is 6.79. The summed E-state index contributed by atoms with van der Waals surface area (Å²) in [6.45, 7) is 1.86. The molecule has 1 fully saturated rings. The highest BCUT2D eigenvalue weighted by molar-refractivity contribution is 6.37. The summed E-state index contributed by atoms with van der Waals surface area (Å²) in [4.78, 5) is 23.9. The SMILES string of the molecule is CC1CCC(NC(=O)COC(=O)c2cc(Cl)cc(Cl)c2N)CC1. The molecular formula is C16H20Cl2N2O3. The van der Waals surface area contributed by atoms with Crippen molar-refractivity contribution in [2.24, 2.45) is 5.92 Å². The Hall–Kier alpha value is -1.46. The summed E-state index contributed by atoms with van der Waals surface area (Å²) in [5, 5.41) is 3.33. The molecule has 0 atom stereocenters. The number of nitrogens with two attached hydrogens (primary N) is 1. The predicted molar refractivity (Wildman–Crippen MR) is 90.7 cm³/mol. The Morgan fingerprint density at radius 2 is 1.91 bits per heavy atom. The molecule has 5 nitrogen and oxygen atoms in total. The van der Waals surface area contributed by atoms with E-state index < -0.39 is 5.97 Å². The molecule has 0 heterocycles. The summed E-state index contributed by atoms with van der Waals surface area (Å²) in [7, 11) is 0. The van der Waals surface area contributed by atoms with E-state index in [9.17, 15) is 9.59 Å². The second kappa shape index (κ2) is 7.88. The van der Waals surface area contributed by atoms with E-state index in [-0.39, 0.29) is 39.9 Å². The fraction of sp³-hybridized carbons (Fsp3) is 0.500. The summed E-state index contributed by atoms with van der Waals surface area (Å²) in [6, 6.07) is 2.96. The third-order valence-electron chi connectivity index (χ3n) is 4.03. The molecule has 7 heteroatoms. The van der Waals surface area contributed by atoms with E-state index in [1.54, 1.807) is 0 Å². The zero-order chi connectivity index (χ0) is 17.0. The van der Waals surface area contributed by atoms with Crippen molar-refractivity contribution >= 4 is 40.8 Å². The number of esters is 1. The van der Waals surface area contributed by atoms with E-state index in [0.29, 0.717) is 5.92 Å². The van der Waals surface area contributed by atoms with E-state index >= 15 is 0 Å². The number of hydrogen-bond acceptors (Lipinski definition) is 4. The van der Waals surface area contributed by atoms with Gasteiger partial charge in [0.15, 0.2) is 6.61 Å². The number of nitrogens with one attached hydrogen (secondary N) is 1. The molecule has 1 aromatic carbocycles. The molecule has 1 saturated carbocycles. The van der Waals surface area contributed by atoms with Crippen molar-refractivity contribution in [3.05, 3.63) is 27.7 Å². The van der Waals surface area contributed by atoms with Gasteiger partial charge in [-0.2, -0.15) is 0 Å².